The number of halogens is 2. The van der Waals surface area contributed by atoms with Gasteiger partial charge in [0.1, 0.15) is 0 Å². The predicted octanol–water partition coefficient (Wildman–Crippen LogP) is -1.28. The highest BCUT2D eigenvalue weighted by Crippen LogP contribution is 2.64. The van der Waals surface area contributed by atoms with Crippen molar-refractivity contribution >= 4 is 15.0 Å². The fraction of sp³-hybridized carbons (Fsp3) is 1.00. The standard InChI is InChI=1S/C2H6F2O5P2/c1-10(5,6)2(3,4)11(7,8)9/h1H3,(H,5,6)(H2,7,8,9)/p-3. The summed E-state index contributed by atoms with van der Waals surface area (Å²) in [7, 11) is -11.9. The topological polar surface area (TPSA) is 103 Å². The Morgan fingerprint density at radius 3 is 1.45 bits per heavy atom. The van der Waals surface area contributed by atoms with Crippen molar-refractivity contribution in [1.29, 1.82) is 0 Å². The highest BCUT2D eigenvalue weighted by Gasteiger charge is 2.41. The zero-order valence-electron chi connectivity index (χ0n) is 5.19. The molecular formula is C2H3F2O5P2-3. The van der Waals surface area contributed by atoms with Crippen LogP contribution in [0.1, 0.15) is 0 Å². The van der Waals surface area contributed by atoms with Gasteiger partial charge >= 0.3 is 5.40 Å². The summed E-state index contributed by atoms with van der Waals surface area (Å²) < 4.78 is 43.6. The molecule has 68 valence electrons. The zero-order chi connectivity index (χ0) is 9.50. The zero-order valence-corrected chi connectivity index (χ0v) is 6.98. The molecule has 0 N–H and O–H groups in total. The van der Waals surface area contributed by atoms with Gasteiger partial charge < -0.3 is 23.8 Å². The fourth-order valence-electron chi connectivity index (χ4n) is 0.222. The average molecular weight is 207 g/mol. The van der Waals surface area contributed by atoms with E-state index in [1.807, 2.05) is 0 Å². The van der Waals surface area contributed by atoms with Crippen molar-refractivity contribution in [2.24, 2.45) is 0 Å². The molecule has 0 saturated carbocycles. The van der Waals surface area contributed by atoms with E-state index in [4.69, 9.17) is 0 Å². The maximum Gasteiger partial charge on any atom is 0.308 e. The van der Waals surface area contributed by atoms with Crippen LogP contribution in [0.4, 0.5) is 8.78 Å². The molecule has 0 heterocycles. The van der Waals surface area contributed by atoms with Gasteiger partial charge in [0.25, 0.3) is 0 Å². The van der Waals surface area contributed by atoms with Crippen LogP contribution >= 0.6 is 15.0 Å². The van der Waals surface area contributed by atoms with Gasteiger partial charge in [0.05, 0.1) is 7.37 Å². The van der Waals surface area contributed by atoms with E-state index in [2.05, 4.69) is 0 Å². The van der Waals surface area contributed by atoms with Crippen LogP contribution < -0.4 is 14.7 Å². The largest absolute Gasteiger partial charge is 0.806 e. The van der Waals surface area contributed by atoms with E-state index in [1.54, 1.807) is 0 Å². The smallest absolute Gasteiger partial charge is 0.308 e. The Kier molecular flexibility index (Phi) is 2.65. The van der Waals surface area contributed by atoms with Crippen LogP contribution in [0.15, 0.2) is 0 Å². The Bertz CT molecular complexity index is 213. The number of alkyl halides is 2. The molecular weight excluding hydrogens is 204 g/mol. The van der Waals surface area contributed by atoms with Crippen LogP contribution in [-0.2, 0) is 9.13 Å². The molecule has 9 heteroatoms. The second-order valence-electron chi connectivity index (χ2n) is 1.85. The third-order valence-electron chi connectivity index (χ3n) is 0.818. The molecule has 0 aromatic carbocycles. The van der Waals surface area contributed by atoms with E-state index in [1.165, 1.54) is 0 Å². The molecule has 0 saturated heterocycles. The summed E-state index contributed by atoms with van der Waals surface area (Å²) in [5.74, 6) is 0. The quantitative estimate of drug-likeness (QED) is 0.524. The molecule has 0 rings (SSSR count). The number of rotatable bonds is 2. The fourth-order valence-corrected chi connectivity index (χ4v) is 2.00. The lowest BCUT2D eigenvalue weighted by Gasteiger charge is -2.43. The van der Waals surface area contributed by atoms with Crippen LogP contribution in [0.3, 0.4) is 0 Å². The first-order valence-electron chi connectivity index (χ1n) is 2.19. The van der Waals surface area contributed by atoms with Gasteiger partial charge in [-0.2, -0.15) is 8.78 Å². The monoisotopic (exact) mass is 207 g/mol. The molecule has 0 fully saturated rings. The average Bonchev–Trinajstić information content (AvgIpc) is 1.58. The molecule has 11 heavy (non-hydrogen) atoms. The SMILES string of the molecule is CP(=O)([O-])C(F)(F)P(=O)([O-])[O-]. The van der Waals surface area contributed by atoms with Crippen molar-refractivity contribution in [3.8, 4) is 0 Å². The van der Waals surface area contributed by atoms with Gasteiger partial charge in [-0.3, -0.25) is 0 Å². The van der Waals surface area contributed by atoms with Crippen molar-refractivity contribution < 1.29 is 32.6 Å². The summed E-state index contributed by atoms with van der Waals surface area (Å²) >= 11 is 0. The number of hydrogen-bond donors (Lipinski definition) is 0. The molecule has 1 atom stereocenters. The first-order valence-corrected chi connectivity index (χ1v) is 5.80. The van der Waals surface area contributed by atoms with Crippen LogP contribution in [0.2, 0.25) is 0 Å². The van der Waals surface area contributed by atoms with Gasteiger partial charge in [-0.1, -0.05) is 0 Å². The lowest BCUT2D eigenvalue weighted by molar-refractivity contribution is -0.330. The molecule has 5 nitrogen and oxygen atoms in total. The van der Waals surface area contributed by atoms with Gasteiger partial charge in [-0.05, 0) is 6.66 Å². The van der Waals surface area contributed by atoms with Gasteiger partial charge in [-0.15, -0.1) is 0 Å². The summed E-state index contributed by atoms with van der Waals surface area (Å²) in [5, 5.41) is -5.18. The van der Waals surface area contributed by atoms with E-state index in [0.29, 0.717) is 0 Å². The highest BCUT2D eigenvalue weighted by atomic mass is 31.2. The molecule has 1 unspecified atom stereocenters. The molecule has 0 spiro atoms. The predicted molar refractivity (Wildman–Crippen MR) is 26.1 cm³/mol. The minimum Gasteiger partial charge on any atom is -0.806 e. The second-order valence-corrected chi connectivity index (χ2v) is 6.02. The first-order chi connectivity index (χ1) is 4.50. The van der Waals surface area contributed by atoms with Crippen molar-refractivity contribution in [3.63, 3.8) is 0 Å². The maximum atomic E-state index is 12.0. The summed E-state index contributed by atoms with van der Waals surface area (Å²) in [6.45, 7) is -0.00451. The Labute approximate surface area is 60.7 Å². The van der Waals surface area contributed by atoms with Gasteiger partial charge in [0, 0.05) is 7.60 Å². The van der Waals surface area contributed by atoms with Crippen molar-refractivity contribution in [2.75, 3.05) is 6.66 Å². The summed E-state index contributed by atoms with van der Waals surface area (Å²) in [5.41, 5.74) is 0. The van der Waals surface area contributed by atoms with Crippen molar-refractivity contribution in [3.05, 3.63) is 0 Å². The molecule has 0 aliphatic rings. The molecule has 0 aromatic rings. The minimum absolute atomic E-state index is 0.00451. The van der Waals surface area contributed by atoms with Crippen LogP contribution in [0.5, 0.6) is 0 Å². The Balaban J connectivity index is 5.08. The molecule has 0 bridgehead atoms. The van der Waals surface area contributed by atoms with Crippen molar-refractivity contribution in [2.45, 2.75) is 5.40 Å². The Hall–Kier alpha value is 0.200. The molecule has 0 aliphatic carbocycles. The van der Waals surface area contributed by atoms with Crippen LogP contribution in [-0.4, -0.2) is 12.1 Å². The third-order valence-corrected chi connectivity index (χ3v) is 4.28. The molecule has 0 aliphatic heterocycles. The molecule has 0 radical (unpaired) electrons. The van der Waals surface area contributed by atoms with E-state index in [-0.39, 0.29) is 6.66 Å². The molecule has 0 aromatic heterocycles. The summed E-state index contributed by atoms with van der Waals surface area (Å²) in [6, 6.07) is 0. The first kappa shape index (κ1) is 11.2. The van der Waals surface area contributed by atoms with E-state index in [0.717, 1.165) is 0 Å². The van der Waals surface area contributed by atoms with Gasteiger partial charge in [0.2, 0.25) is 0 Å². The van der Waals surface area contributed by atoms with E-state index < -0.39 is 20.4 Å². The lowest BCUT2D eigenvalue weighted by Crippen LogP contribution is -2.34. The third kappa shape index (κ3) is 2.07. The number of hydrogen-bond acceptors (Lipinski definition) is 5. The normalized spacial score (nSPS) is 19.5. The highest BCUT2D eigenvalue weighted by molar-refractivity contribution is 7.72. The van der Waals surface area contributed by atoms with Gasteiger partial charge in [0.15, 0.2) is 0 Å². The minimum atomic E-state index is -6.40. The lowest BCUT2D eigenvalue weighted by atomic mass is 11.6. The van der Waals surface area contributed by atoms with Crippen LogP contribution in [0.25, 0.3) is 0 Å². The second kappa shape index (κ2) is 2.61. The summed E-state index contributed by atoms with van der Waals surface area (Å²) in [4.78, 5) is 29.3. The van der Waals surface area contributed by atoms with Crippen LogP contribution in [0, 0.1) is 0 Å². The van der Waals surface area contributed by atoms with E-state index >= 15 is 0 Å². The van der Waals surface area contributed by atoms with Crippen molar-refractivity contribution in [1.82, 2.24) is 0 Å². The Morgan fingerprint density at radius 1 is 1.18 bits per heavy atom. The van der Waals surface area contributed by atoms with E-state index in [9.17, 15) is 32.6 Å². The molecule has 0 amide bonds. The van der Waals surface area contributed by atoms with Gasteiger partial charge in [-0.25, -0.2) is 0 Å². The maximum absolute atomic E-state index is 12.0. The summed E-state index contributed by atoms with van der Waals surface area (Å²) in [6.07, 6.45) is 0. The Morgan fingerprint density at radius 2 is 1.45 bits per heavy atom.